The van der Waals surface area contributed by atoms with Crippen LogP contribution < -0.4 is 12.4 Å². The van der Waals surface area contributed by atoms with Crippen molar-refractivity contribution in [1.29, 1.82) is 0 Å². The number of aliphatic hydroxyl groups is 2. The van der Waals surface area contributed by atoms with E-state index in [0.717, 1.165) is 0 Å². The molecule has 0 aromatic carbocycles. The molecule has 2 aliphatic rings. The van der Waals surface area contributed by atoms with E-state index in [4.69, 9.17) is 9.47 Å². The zero-order valence-electron chi connectivity index (χ0n) is 9.13. The molecule has 2 saturated heterocycles. The molecule has 0 radical (unpaired) electrons. The van der Waals surface area contributed by atoms with Crippen molar-refractivity contribution in [2.45, 2.75) is 30.6 Å². The van der Waals surface area contributed by atoms with Crippen LogP contribution in [0.4, 0.5) is 0 Å². The van der Waals surface area contributed by atoms with Crippen LogP contribution in [0, 0.1) is 0 Å². The van der Waals surface area contributed by atoms with Crippen molar-refractivity contribution in [2.24, 2.45) is 0 Å². The third-order valence-electron chi connectivity index (χ3n) is 2.98. The molecule has 5 unspecified atom stereocenters. The van der Waals surface area contributed by atoms with Crippen LogP contribution in [0.3, 0.4) is 0 Å². The Kier molecular flexibility index (Phi) is 3.65. The number of hydrogen-bond acceptors (Lipinski definition) is 4. The van der Waals surface area contributed by atoms with Crippen molar-refractivity contribution < 1.29 is 36.6 Å². The Morgan fingerprint density at radius 3 is 2.27 bits per heavy atom. The standard InChI is InChI=1S/C9H18NO4.ClH/c1-10(2,3)6-8-7(14-9(6)12)5(11)4-13-8;/h5-9,11-12H,4H2,1-3H3;1H/q+1;/p-1. The molecule has 2 heterocycles. The molecule has 0 bridgehead atoms. The van der Waals surface area contributed by atoms with Crippen molar-refractivity contribution in [3.05, 3.63) is 0 Å². The van der Waals surface area contributed by atoms with Gasteiger partial charge in [0.2, 0.25) is 6.29 Å². The van der Waals surface area contributed by atoms with Gasteiger partial charge in [0.05, 0.1) is 27.7 Å². The van der Waals surface area contributed by atoms with Gasteiger partial charge in [-0.15, -0.1) is 0 Å². The highest BCUT2D eigenvalue weighted by Crippen LogP contribution is 2.34. The molecule has 0 aromatic heterocycles. The summed E-state index contributed by atoms with van der Waals surface area (Å²) in [4.78, 5) is 0. The normalized spacial score (nSPS) is 45.0. The van der Waals surface area contributed by atoms with Crippen LogP contribution in [-0.2, 0) is 9.47 Å². The van der Waals surface area contributed by atoms with Gasteiger partial charge in [-0.05, 0) is 0 Å². The fourth-order valence-corrected chi connectivity index (χ4v) is 2.31. The Morgan fingerprint density at radius 2 is 1.73 bits per heavy atom. The van der Waals surface area contributed by atoms with Crippen molar-refractivity contribution >= 4 is 0 Å². The minimum atomic E-state index is -0.847. The Morgan fingerprint density at radius 1 is 1.13 bits per heavy atom. The predicted octanol–water partition coefficient (Wildman–Crippen LogP) is -4.46. The number of aliphatic hydroxyl groups excluding tert-OH is 2. The van der Waals surface area contributed by atoms with E-state index < -0.39 is 12.4 Å². The van der Waals surface area contributed by atoms with Gasteiger partial charge < -0.3 is 36.6 Å². The highest BCUT2D eigenvalue weighted by Gasteiger charge is 2.57. The van der Waals surface area contributed by atoms with Gasteiger partial charge in [0.15, 0.2) is 6.04 Å². The maximum atomic E-state index is 9.72. The van der Waals surface area contributed by atoms with Crippen LogP contribution in [0.2, 0.25) is 0 Å². The van der Waals surface area contributed by atoms with Crippen LogP contribution >= 0.6 is 0 Å². The molecule has 2 aliphatic heterocycles. The van der Waals surface area contributed by atoms with Crippen LogP contribution in [0.1, 0.15) is 0 Å². The van der Waals surface area contributed by atoms with E-state index in [0.29, 0.717) is 11.1 Å². The van der Waals surface area contributed by atoms with Gasteiger partial charge in [0, 0.05) is 0 Å². The average Bonchev–Trinajstić information content (AvgIpc) is 2.49. The first kappa shape index (κ1) is 13.2. The van der Waals surface area contributed by atoms with Gasteiger partial charge >= 0.3 is 0 Å². The lowest BCUT2D eigenvalue weighted by atomic mass is 10.1. The van der Waals surface area contributed by atoms with E-state index in [1.165, 1.54) is 0 Å². The van der Waals surface area contributed by atoms with Gasteiger partial charge in [-0.25, -0.2) is 0 Å². The molecule has 5 atom stereocenters. The van der Waals surface area contributed by atoms with Gasteiger partial charge in [0.1, 0.15) is 18.3 Å². The summed E-state index contributed by atoms with van der Waals surface area (Å²) < 4.78 is 11.3. The van der Waals surface area contributed by atoms with E-state index in [2.05, 4.69) is 0 Å². The fraction of sp³-hybridized carbons (Fsp3) is 1.00. The summed E-state index contributed by atoms with van der Waals surface area (Å²) in [5, 5.41) is 19.3. The molecule has 0 saturated carbocycles. The molecule has 2 N–H and O–H groups in total. The number of hydrogen-bond donors (Lipinski definition) is 2. The summed E-state index contributed by atoms with van der Waals surface area (Å²) in [6.45, 7) is 0.304. The maximum absolute atomic E-state index is 9.72. The lowest BCUT2D eigenvalue weighted by Gasteiger charge is -2.34. The van der Waals surface area contributed by atoms with Gasteiger partial charge in [-0.3, -0.25) is 0 Å². The molecule has 90 valence electrons. The van der Waals surface area contributed by atoms with Crippen molar-refractivity contribution in [3.8, 4) is 0 Å². The Bertz CT molecular complexity index is 233. The number of halogens is 1. The zero-order chi connectivity index (χ0) is 10.5. The molecule has 0 spiro atoms. The lowest BCUT2D eigenvalue weighted by molar-refractivity contribution is -0.903. The maximum Gasteiger partial charge on any atom is 0.211 e. The molecular formula is C9H18ClNO4. The summed E-state index contributed by atoms with van der Waals surface area (Å²) in [5.41, 5.74) is 0. The molecule has 2 fully saturated rings. The second kappa shape index (κ2) is 4.16. The van der Waals surface area contributed by atoms with E-state index in [-0.39, 0.29) is 30.7 Å². The number of likely N-dealkylation sites (N-methyl/N-ethyl adjacent to an activating group) is 1. The van der Waals surface area contributed by atoms with Crippen molar-refractivity contribution in [1.82, 2.24) is 0 Å². The molecule has 6 heteroatoms. The summed E-state index contributed by atoms with van der Waals surface area (Å²) in [6.07, 6.45) is -2.02. The quantitative estimate of drug-likeness (QED) is 0.454. The average molecular weight is 240 g/mol. The minimum absolute atomic E-state index is 0. The van der Waals surface area contributed by atoms with E-state index in [1.807, 2.05) is 21.1 Å². The number of ether oxygens (including phenoxy) is 2. The highest BCUT2D eigenvalue weighted by atomic mass is 35.5. The first-order chi connectivity index (χ1) is 6.41. The third kappa shape index (κ3) is 2.13. The number of rotatable bonds is 1. The van der Waals surface area contributed by atoms with Gasteiger partial charge in [-0.2, -0.15) is 0 Å². The van der Waals surface area contributed by atoms with E-state index >= 15 is 0 Å². The molecule has 5 nitrogen and oxygen atoms in total. The lowest BCUT2D eigenvalue weighted by Crippen LogP contribution is -3.00. The predicted molar refractivity (Wildman–Crippen MR) is 48.4 cm³/mol. The summed E-state index contributed by atoms with van der Waals surface area (Å²) in [7, 11) is 5.94. The Hall–Kier alpha value is 0.0900. The van der Waals surface area contributed by atoms with E-state index in [1.54, 1.807) is 0 Å². The molecular weight excluding hydrogens is 222 g/mol. The molecule has 2 rings (SSSR count). The monoisotopic (exact) mass is 239 g/mol. The number of nitrogens with zero attached hydrogens (tertiary/aromatic N) is 1. The van der Waals surface area contributed by atoms with Crippen LogP contribution in [0.5, 0.6) is 0 Å². The first-order valence-corrected chi connectivity index (χ1v) is 4.85. The smallest absolute Gasteiger partial charge is 0.211 e. The van der Waals surface area contributed by atoms with Crippen molar-refractivity contribution in [3.63, 3.8) is 0 Å². The Labute approximate surface area is 95.6 Å². The SMILES string of the molecule is C[N+](C)(C)C1C(O)OC2C(O)COC21.[Cl-]. The third-order valence-corrected chi connectivity index (χ3v) is 2.98. The second-order valence-electron chi connectivity index (χ2n) is 4.96. The van der Waals surface area contributed by atoms with Crippen LogP contribution in [0.25, 0.3) is 0 Å². The molecule has 15 heavy (non-hydrogen) atoms. The van der Waals surface area contributed by atoms with Crippen molar-refractivity contribution in [2.75, 3.05) is 27.7 Å². The zero-order valence-corrected chi connectivity index (χ0v) is 9.89. The summed E-state index contributed by atoms with van der Waals surface area (Å²) >= 11 is 0. The number of fused-ring (bicyclic) bond motifs is 1. The molecule has 0 aromatic rings. The minimum Gasteiger partial charge on any atom is -1.00 e. The fourth-order valence-electron chi connectivity index (χ4n) is 2.31. The van der Waals surface area contributed by atoms with Gasteiger partial charge in [-0.1, -0.05) is 0 Å². The Balaban J connectivity index is 0.00000112. The summed E-state index contributed by atoms with van der Waals surface area (Å²) in [6, 6.07) is -0.128. The molecule has 0 aliphatic carbocycles. The van der Waals surface area contributed by atoms with Crippen LogP contribution in [-0.4, -0.2) is 73.1 Å². The van der Waals surface area contributed by atoms with E-state index in [9.17, 15) is 10.2 Å². The first-order valence-electron chi connectivity index (χ1n) is 4.85. The summed E-state index contributed by atoms with van der Waals surface area (Å²) in [5.74, 6) is 0. The molecule has 0 amide bonds. The topological polar surface area (TPSA) is 58.9 Å². The number of quaternary nitrogens is 1. The second-order valence-corrected chi connectivity index (χ2v) is 4.96. The highest BCUT2D eigenvalue weighted by molar-refractivity contribution is 4.96. The van der Waals surface area contributed by atoms with Gasteiger partial charge in [0.25, 0.3) is 0 Å². The van der Waals surface area contributed by atoms with Crippen LogP contribution in [0.15, 0.2) is 0 Å². The largest absolute Gasteiger partial charge is 1.00 e.